The molecule has 1 amide bonds. The summed E-state index contributed by atoms with van der Waals surface area (Å²) in [6.07, 6.45) is 3.66. The third kappa shape index (κ3) is 2.23. The Hall–Kier alpha value is -1.10. The lowest BCUT2D eigenvalue weighted by molar-refractivity contribution is -0.121. The molecule has 2 N–H and O–H groups in total. The molecule has 0 aliphatic heterocycles. The highest BCUT2D eigenvalue weighted by molar-refractivity contribution is 9.10. The number of amides is 1. The number of hydrazine groups is 1. The number of halogens is 1. The van der Waals surface area contributed by atoms with Crippen molar-refractivity contribution in [2.75, 3.05) is 5.43 Å². The molecule has 0 atom stereocenters. The first kappa shape index (κ1) is 9.45. The van der Waals surface area contributed by atoms with Crippen LogP contribution in [0.5, 0.6) is 0 Å². The Balaban J connectivity index is 1.91. The smallest absolute Gasteiger partial charge is 0.241 e. The zero-order chi connectivity index (χ0) is 9.97. The van der Waals surface area contributed by atoms with Crippen LogP contribution in [-0.2, 0) is 4.79 Å². The van der Waals surface area contributed by atoms with Crippen LogP contribution in [0.4, 0.5) is 5.82 Å². The summed E-state index contributed by atoms with van der Waals surface area (Å²) in [6, 6.07) is 3.68. The maximum atomic E-state index is 11.3. The minimum absolute atomic E-state index is 0.0440. The van der Waals surface area contributed by atoms with Crippen molar-refractivity contribution < 1.29 is 4.79 Å². The molecule has 1 saturated carbocycles. The predicted octanol–water partition coefficient (Wildman–Crippen LogP) is 1.70. The number of nitrogens with one attached hydrogen (secondary N) is 2. The molecule has 1 aromatic heterocycles. The van der Waals surface area contributed by atoms with Crippen molar-refractivity contribution in [1.29, 1.82) is 0 Å². The van der Waals surface area contributed by atoms with Crippen LogP contribution in [0, 0.1) is 5.92 Å². The highest BCUT2D eigenvalue weighted by atomic mass is 79.9. The van der Waals surface area contributed by atoms with Crippen molar-refractivity contribution in [2.45, 2.75) is 12.8 Å². The van der Waals surface area contributed by atoms with Gasteiger partial charge in [0.05, 0.1) is 4.47 Å². The van der Waals surface area contributed by atoms with E-state index in [2.05, 4.69) is 31.8 Å². The number of nitrogens with zero attached hydrogens (tertiary/aromatic N) is 1. The first-order valence-corrected chi connectivity index (χ1v) is 5.23. The van der Waals surface area contributed by atoms with Gasteiger partial charge in [-0.15, -0.1) is 0 Å². The summed E-state index contributed by atoms with van der Waals surface area (Å²) in [5.74, 6) is 0.869. The van der Waals surface area contributed by atoms with Gasteiger partial charge in [0.25, 0.3) is 0 Å². The first-order valence-electron chi connectivity index (χ1n) is 4.44. The standard InChI is InChI=1S/C9H10BrN3O/c10-7-2-1-5-11-8(7)12-13-9(14)6-3-4-6/h1-2,5-6H,3-4H2,(H,11,12)(H,13,14). The van der Waals surface area contributed by atoms with E-state index in [-0.39, 0.29) is 11.8 Å². The molecule has 0 unspecified atom stereocenters. The molecule has 2 rings (SSSR count). The maximum Gasteiger partial charge on any atom is 0.241 e. The van der Waals surface area contributed by atoms with Crippen LogP contribution in [0.25, 0.3) is 0 Å². The third-order valence-electron chi connectivity index (χ3n) is 2.01. The van der Waals surface area contributed by atoms with Crippen molar-refractivity contribution >= 4 is 27.7 Å². The van der Waals surface area contributed by atoms with Crippen molar-refractivity contribution in [3.05, 3.63) is 22.8 Å². The number of pyridine rings is 1. The molecule has 0 radical (unpaired) electrons. The molecular weight excluding hydrogens is 246 g/mol. The van der Waals surface area contributed by atoms with Crippen LogP contribution < -0.4 is 10.9 Å². The molecule has 0 saturated heterocycles. The van der Waals surface area contributed by atoms with Crippen LogP contribution in [0.3, 0.4) is 0 Å². The number of hydrogen-bond acceptors (Lipinski definition) is 3. The Morgan fingerprint density at radius 3 is 3.00 bits per heavy atom. The van der Waals surface area contributed by atoms with Gasteiger partial charge in [-0.3, -0.25) is 15.6 Å². The largest absolute Gasteiger partial charge is 0.281 e. The van der Waals surface area contributed by atoms with Crippen LogP contribution in [0.15, 0.2) is 22.8 Å². The average molecular weight is 256 g/mol. The minimum Gasteiger partial charge on any atom is -0.281 e. The zero-order valence-electron chi connectivity index (χ0n) is 7.46. The zero-order valence-corrected chi connectivity index (χ0v) is 9.04. The van der Waals surface area contributed by atoms with Gasteiger partial charge >= 0.3 is 0 Å². The quantitative estimate of drug-likeness (QED) is 0.809. The lowest BCUT2D eigenvalue weighted by Crippen LogP contribution is -2.31. The number of carbonyl (C=O) groups excluding carboxylic acids is 1. The second kappa shape index (κ2) is 3.96. The molecule has 14 heavy (non-hydrogen) atoms. The lowest BCUT2D eigenvalue weighted by atomic mass is 10.4. The number of aromatic nitrogens is 1. The maximum absolute atomic E-state index is 11.3. The van der Waals surface area contributed by atoms with E-state index in [9.17, 15) is 4.79 Å². The third-order valence-corrected chi connectivity index (χ3v) is 2.65. The highest BCUT2D eigenvalue weighted by Gasteiger charge is 2.29. The molecule has 1 heterocycles. The Kier molecular flexibility index (Phi) is 2.67. The lowest BCUT2D eigenvalue weighted by Gasteiger charge is -2.07. The van der Waals surface area contributed by atoms with Crippen molar-refractivity contribution in [1.82, 2.24) is 10.4 Å². The van der Waals surface area contributed by atoms with Gasteiger partial charge in [-0.05, 0) is 40.9 Å². The Morgan fingerprint density at radius 2 is 2.36 bits per heavy atom. The highest BCUT2D eigenvalue weighted by Crippen LogP contribution is 2.28. The molecule has 4 nitrogen and oxygen atoms in total. The number of hydrogen-bond donors (Lipinski definition) is 2. The normalized spacial score (nSPS) is 14.9. The van der Waals surface area contributed by atoms with E-state index in [0.717, 1.165) is 17.3 Å². The second-order valence-corrected chi connectivity index (χ2v) is 4.08. The average Bonchev–Trinajstić information content (AvgIpc) is 2.99. The Bertz CT molecular complexity index is 352. The molecule has 5 heteroatoms. The van der Waals surface area contributed by atoms with Gasteiger partial charge < -0.3 is 0 Å². The van der Waals surface area contributed by atoms with Gasteiger partial charge in [0.15, 0.2) is 5.82 Å². The van der Waals surface area contributed by atoms with E-state index in [1.54, 1.807) is 6.20 Å². The summed E-state index contributed by atoms with van der Waals surface area (Å²) in [5.41, 5.74) is 5.40. The fraction of sp³-hybridized carbons (Fsp3) is 0.333. The molecule has 74 valence electrons. The summed E-state index contributed by atoms with van der Waals surface area (Å²) in [5, 5.41) is 0. The van der Waals surface area contributed by atoms with Crippen LogP contribution in [0.2, 0.25) is 0 Å². The van der Waals surface area contributed by atoms with E-state index in [1.807, 2.05) is 12.1 Å². The van der Waals surface area contributed by atoms with Crippen LogP contribution >= 0.6 is 15.9 Å². The fourth-order valence-electron chi connectivity index (χ4n) is 1.05. The molecule has 1 aromatic rings. The van der Waals surface area contributed by atoms with Gasteiger partial charge in [0.1, 0.15) is 0 Å². The summed E-state index contributed by atoms with van der Waals surface area (Å²) in [7, 11) is 0. The first-order chi connectivity index (χ1) is 6.77. The Labute approximate surface area is 90.2 Å². The SMILES string of the molecule is O=C(NNc1ncccc1Br)C1CC1. The molecule has 1 aliphatic rings. The van der Waals surface area contributed by atoms with Gasteiger partial charge in [0.2, 0.25) is 5.91 Å². The van der Waals surface area contributed by atoms with Gasteiger partial charge in [0, 0.05) is 12.1 Å². The summed E-state index contributed by atoms with van der Waals surface area (Å²) in [6.45, 7) is 0. The van der Waals surface area contributed by atoms with E-state index in [1.165, 1.54) is 0 Å². The monoisotopic (exact) mass is 255 g/mol. The van der Waals surface area contributed by atoms with Crippen molar-refractivity contribution in [3.8, 4) is 0 Å². The molecule has 0 bridgehead atoms. The molecule has 0 aromatic carbocycles. The summed E-state index contributed by atoms with van der Waals surface area (Å²) in [4.78, 5) is 15.3. The second-order valence-electron chi connectivity index (χ2n) is 3.22. The molecule has 0 spiro atoms. The molecular formula is C9H10BrN3O. The van der Waals surface area contributed by atoms with Crippen LogP contribution in [-0.4, -0.2) is 10.9 Å². The van der Waals surface area contributed by atoms with Gasteiger partial charge in [-0.25, -0.2) is 4.98 Å². The minimum atomic E-state index is 0.0440. The van der Waals surface area contributed by atoms with Crippen molar-refractivity contribution in [3.63, 3.8) is 0 Å². The number of rotatable bonds is 3. The van der Waals surface area contributed by atoms with Gasteiger partial charge in [-0.2, -0.15) is 0 Å². The molecule has 1 fully saturated rings. The van der Waals surface area contributed by atoms with Gasteiger partial charge in [-0.1, -0.05) is 0 Å². The fourth-order valence-corrected chi connectivity index (χ4v) is 1.40. The Morgan fingerprint density at radius 1 is 1.57 bits per heavy atom. The number of anilines is 1. The van der Waals surface area contributed by atoms with Crippen LogP contribution in [0.1, 0.15) is 12.8 Å². The predicted molar refractivity (Wildman–Crippen MR) is 56.4 cm³/mol. The van der Waals surface area contributed by atoms with E-state index >= 15 is 0 Å². The van der Waals surface area contributed by atoms with E-state index in [0.29, 0.717) is 5.82 Å². The summed E-state index contributed by atoms with van der Waals surface area (Å²) < 4.78 is 0.830. The molecule has 1 aliphatic carbocycles. The topological polar surface area (TPSA) is 54.0 Å². The van der Waals surface area contributed by atoms with Crippen molar-refractivity contribution in [2.24, 2.45) is 5.92 Å². The van der Waals surface area contributed by atoms with E-state index < -0.39 is 0 Å². The summed E-state index contributed by atoms with van der Waals surface area (Å²) >= 11 is 3.32. The number of carbonyl (C=O) groups is 1. The van der Waals surface area contributed by atoms with E-state index in [4.69, 9.17) is 0 Å².